The van der Waals surface area contributed by atoms with Crippen molar-refractivity contribution in [3.05, 3.63) is 42.5 Å². The molecule has 0 fully saturated rings. The predicted molar refractivity (Wildman–Crippen MR) is 60.6 cm³/mol. The highest BCUT2D eigenvalue weighted by molar-refractivity contribution is 5.61. The lowest BCUT2D eigenvalue weighted by Crippen LogP contribution is -1.96. The van der Waals surface area contributed by atoms with Gasteiger partial charge in [0.2, 0.25) is 5.95 Å². The van der Waals surface area contributed by atoms with Crippen LogP contribution < -0.4 is 5.73 Å². The maximum absolute atomic E-state index is 13.2. The fraction of sp³-hybridized carbons (Fsp3) is 0. The van der Waals surface area contributed by atoms with Gasteiger partial charge in [-0.05, 0) is 12.1 Å². The number of nitrogen functional groups attached to an aromatic ring is 1. The van der Waals surface area contributed by atoms with Crippen LogP contribution in [0, 0.1) is 5.82 Å². The van der Waals surface area contributed by atoms with Crippen molar-refractivity contribution >= 4 is 11.6 Å². The Morgan fingerprint density at radius 2 is 2.12 bits per heavy atom. The van der Waals surface area contributed by atoms with E-state index >= 15 is 0 Å². The first-order chi connectivity index (χ1) is 8.24. The van der Waals surface area contributed by atoms with Gasteiger partial charge < -0.3 is 5.73 Å². The highest BCUT2D eigenvalue weighted by atomic mass is 19.1. The Bertz CT molecular complexity index is 691. The second-order valence-corrected chi connectivity index (χ2v) is 3.54. The van der Waals surface area contributed by atoms with Crippen molar-refractivity contribution in [1.29, 1.82) is 0 Å². The number of aromatic nitrogens is 4. The minimum atomic E-state index is -0.312. The third-order valence-corrected chi connectivity index (χ3v) is 2.38. The standard InChI is InChI=1S/C11H8FN5/c12-8-3-1-2-7(4-8)9-5-14-6-10-15-11(13)16-17(9)10/h1-6H,(H2,13,16). The zero-order valence-corrected chi connectivity index (χ0v) is 8.71. The molecule has 3 rings (SSSR count). The molecule has 0 aliphatic rings. The molecule has 1 aromatic carbocycles. The lowest BCUT2D eigenvalue weighted by Gasteiger charge is -2.02. The van der Waals surface area contributed by atoms with E-state index in [4.69, 9.17) is 5.73 Å². The minimum absolute atomic E-state index is 0.163. The van der Waals surface area contributed by atoms with Crippen molar-refractivity contribution in [2.24, 2.45) is 0 Å². The molecule has 0 bridgehead atoms. The second kappa shape index (κ2) is 3.51. The maximum atomic E-state index is 13.2. The summed E-state index contributed by atoms with van der Waals surface area (Å²) in [4.78, 5) is 8.03. The van der Waals surface area contributed by atoms with E-state index in [1.807, 2.05) is 0 Å². The highest BCUT2D eigenvalue weighted by Crippen LogP contribution is 2.19. The minimum Gasteiger partial charge on any atom is -0.366 e. The molecule has 0 unspecified atom stereocenters. The van der Waals surface area contributed by atoms with Crippen LogP contribution in [-0.2, 0) is 0 Å². The number of hydrogen-bond donors (Lipinski definition) is 1. The lowest BCUT2D eigenvalue weighted by atomic mass is 10.1. The van der Waals surface area contributed by atoms with Gasteiger partial charge in [-0.1, -0.05) is 12.1 Å². The monoisotopic (exact) mass is 229 g/mol. The third-order valence-electron chi connectivity index (χ3n) is 2.38. The zero-order valence-electron chi connectivity index (χ0n) is 8.71. The molecule has 0 aliphatic carbocycles. The molecule has 0 saturated heterocycles. The summed E-state index contributed by atoms with van der Waals surface area (Å²) in [6.45, 7) is 0. The average molecular weight is 229 g/mol. The quantitative estimate of drug-likeness (QED) is 0.686. The van der Waals surface area contributed by atoms with Crippen LogP contribution in [0.15, 0.2) is 36.7 Å². The van der Waals surface area contributed by atoms with E-state index in [1.165, 1.54) is 16.6 Å². The highest BCUT2D eigenvalue weighted by Gasteiger charge is 2.08. The molecule has 0 saturated carbocycles. The summed E-state index contributed by atoms with van der Waals surface area (Å²) in [5, 5.41) is 4.04. The van der Waals surface area contributed by atoms with E-state index in [1.54, 1.807) is 24.5 Å². The number of fused-ring (bicyclic) bond motifs is 1. The third kappa shape index (κ3) is 1.59. The molecular formula is C11H8FN5. The molecule has 84 valence electrons. The van der Waals surface area contributed by atoms with Crippen LogP contribution in [0.1, 0.15) is 0 Å². The van der Waals surface area contributed by atoms with Crippen LogP contribution in [-0.4, -0.2) is 19.6 Å². The fourth-order valence-corrected chi connectivity index (χ4v) is 1.68. The first-order valence-electron chi connectivity index (χ1n) is 4.96. The molecule has 2 N–H and O–H groups in total. The normalized spacial score (nSPS) is 10.9. The molecule has 0 radical (unpaired) electrons. The van der Waals surface area contributed by atoms with Crippen molar-refractivity contribution in [2.75, 3.05) is 5.73 Å². The van der Waals surface area contributed by atoms with Gasteiger partial charge in [0, 0.05) is 5.56 Å². The SMILES string of the molecule is Nc1nc2cncc(-c3cccc(F)c3)n2n1. The van der Waals surface area contributed by atoms with Crippen LogP contribution in [0.4, 0.5) is 10.3 Å². The topological polar surface area (TPSA) is 69.1 Å². The van der Waals surface area contributed by atoms with Gasteiger partial charge in [0.05, 0.1) is 18.1 Å². The average Bonchev–Trinajstić information content (AvgIpc) is 2.68. The maximum Gasteiger partial charge on any atom is 0.240 e. The van der Waals surface area contributed by atoms with E-state index in [0.717, 1.165) is 0 Å². The fourth-order valence-electron chi connectivity index (χ4n) is 1.68. The summed E-state index contributed by atoms with van der Waals surface area (Å²) < 4.78 is 14.7. The number of benzene rings is 1. The van der Waals surface area contributed by atoms with Crippen molar-refractivity contribution < 1.29 is 4.39 Å². The predicted octanol–water partition coefficient (Wildman–Crippen LogP) is 1.51. The summed E-state index contributed by atoms with van der Waals surface area (Å²) in [5.74, 6) is -0.150. The van der Waals surface area contributed by atoms with Gasteiger partial charge in [0.25, 0.3) is 0 Å². The second-order valence-electron chi connectivity index (χ2n) is 3.54. The largest absolute Gasteiger partial charge is 0.366 e. The zero-order chi connectivity index (χ0) is 11.8. The Morgan fingerprint density at radius 1 is 1.24 bits per heavy atom. The van der Waals surface area contributed by atoms with E-state index in [2.05, 4.69) is 15.1 Å². The molecule has 0 spiro atoms. The number of nitrogens with two attached hydrogens (primary N) is 1. The summed E-state index contributed by atoms with van der Waals surface area (Å²) >= 11 is 0. The molecule has 2 heterocycles. The van der Waals surface area contributed by atoms with Crippen molar-refractivity contribution in [2.45, 2.75) is 0 Å². The number of anilines is 1. The Balaban J connectivity index is 2.30. The Labute approximate surface area is 95.7 Å². The van der Waals surface area contributed by atoms with E-state index < -0.39 is 0 Å². The first kappa shape index (κ1) is 9.71. The Morgan fingerprint density at radius 3 is 2.94 bits per heavy atom. The van der Waals surface area contributed by atoms with Crippen LogP contribution in [0.2, 0.25) is 0 Å². The Kier molecular flexibility index (Phi) is 2.01. The van der Waals surface area contributed by atoms with Gasteiger partial charge in [-0.15, -0.1) is 5.10 Å². The van der Waals surface area contributed by atoms with Crippen LogP contribution in [0.3, 0.4) is 0 Å². The van der Waals surface area contributed by atoms with Crippen LogP contribution in [0.5, 0.6) is 0 Å². The first-order valence-corrected chi connectivity index (χ1v) is 4.96. The van der Waals surface area contributed by atoms with Crippen molar-refractivity contribution in [3.8, 4) is 11.3 Å². The summed E-state index contributed by atoms with van der Waals surface area (Å²) in [7, 11) is 0. The molecular weight excluding hydrogens is 221 g/mol. The molecule has 0 atom stereocenters. The summed E-state index contributed by atoms with van der Waals surface area (Å²) in [5.41, 5.74) is 7.37. The van der Waals surface area contributed by atoms with Crippen molar-refractivity contribution in [3.63, 3.8) is 0 Å². The van der Waals surface area contributed by atoms with Crippen molar-refractivity contribution in [1.82, 2.24) is 19.6 Å². The van der Waals surface area contributed by atoms with E-state index in [9.17, 15) is 4.39 Å². The Hall–Kier alpha value is -2.50. The summed E-state index contributed by atoms with van der Waals surface area (Å²) in [6.07, 6.45) is 3.14. The van der Waals surface area contributed by atoms with Gasteiger partial charge in [0.15, 0.2) is 5.65 Å². The van der Waals surface area contributed by atoms with E-state index in [-0.39, 0.29) is 11.8 Å². The molecule has 2 aromatic heterocycles. The number of rotatable bonds is 1. The van der Waals surface area contributed by atoms with E-state index in [0.29, 0.717) is 16.9 Å². The molecule has 5 nitrogen and oxygen atoms in total. The number of nitrogens with zero attached hydrogens (tertiary/aromatic N) is 4. The molecule has 6 heteroatoms. The number of halogens is 1. The molecule has 3 aromatic rings. The molecule has 0 amide bonds. The molecule has 0 aliphatic heterocycles. The van der Waals surface area contributed by atoms with Gasteiger partial charge >= 0.3 is 0 Å². The van der Waals surface area contributed by atoms with Gasteiger partial charge in [-0.2, -0.15) is 4.98 Å². The number of hydrogen-bond acceptors (Lipinski definition) is 4. The van der Waals surface area contributed by atoms with Crippen LogP contribution >= 0.6 is 0 Å². The molecule has 17 heavy (non-hydrogen) atoms. The van der Waals surface area contributed by atoms with Gasteiger partial charge in [-0.25, -0.2) is 8.91 Å². The smallest absolute Gasteiger partial charge is 0.240 e. The lowest BCUT2D eigenvalue weighted by molar-refractivity contribution is 0.628. The van der Waals surface area contributed by atoms with Crippen LogP contribution in [0.25, 0.3) is 16.9 Å². The van der Waals surface area contributed by atoms with Gasteiger partial charge in [0.1, 0.15) is 5.82 Å². The summed E-state index contributed by atoms with van der Waals surface area (Å²) in [6, 6.07) is 6.20. The van der Waals surface area contributed by atoms with Gasteiger partial charge in [-0.3, -0.25) is 4.98 Å².